The predicted octanol–water partition coefficient (Wildman–Crippen LogP) is 5.04. The summed E-state index contributed by atoms with van der Waals surface area (Å²) < 4.78 is 31.7. The molecular formula is C32H37N3O8S. The molecule has 0 N–H and O–H groups in total. The molecule has 0 unspecified atom stereocenters. The number of rotatable bonds is 11. The Morgan fingerprint density at radius 1 is 1.18 bits per heavy atom. The first-order chi connectivity index (χ1) is 21.4. The highest BCUT2D eigenvalue weighted by Gasteiger charge is 2.36. The highest BCUT2D eigenvalue weighted by Crippen LogP contribution is 2.41. The van der Waals surface area contributed by atoms with Gasteiger partial charge >= 0.3 is 11.7 Å². The molecule has 1 aliphatic heterocycles. The maximum Gasteiger partial charge on any atom is 0.332 e. The maximum absolute atomic E-state index is 14.4. The van der Waals surface area contributed by atoms with Crippen LogP contribution in [0, 0.1) is 12.8 Å². The molecule has 1 saturated carbocycles. The fraction of sp³-hybridized carbons (Fsp3) is 0.500. The standard InChI is InChI=1S/C32H37N3O8S/c1-4-41-26(36)17-20-15-21(16-20)35-30(37)27-19(2)28(29-33-11-14-42-29)44-31(27)34(32(35)38)18-25(43-22-9-12-40-13-10-22)23-7-5-6-8-24(23)39-3/h5-8,11,14,20-22,25H,4,9-10,12-13,15-18H2,1-3H3/t20-,21+,25-/m0/s1. The van der Waals surface area contributed by atoms with Gasteiger partial charge < -0.3 is 23.4 Å². The van der Waals surface area contributed by atoms with Crippen LogP contribution in [-0.2, 0) is 25.5 Å². The van der Waals surface area contributed by atoms with Crippen molar-refractivity contribution in [3.05, 3.63) is 68.7 Å². The van der Waals surface area contributed by atoms with Crippen molar-refractivity contribution >= 4 is 27.5 Å². The van der Waals surface area contributed by atoms with Crippen LogP contribution in [0.25, 0.3) is 21.0 Å². The van der Waals surface area contributed by atoms with Crippen molar-refractivity contribution in [2.75, 3.05) is 26.9 Å². The van der Waals surface area contributed by atoms with Gasteiger partial charge in [0, 0.05) is 31.2 Å². The molecule has 6 rings (SSSR count). The summed E-state index contributed by atoms with van der Waals surface area (Å²) in [6, 6.07) is 7.32. The van der Waals surface area contributed by atoms with Crippen LogP contribution in [0.15, 0.2) is 50.7 Å². The molecule has 3 aromatic heterocycles. The molecular weight excluding hydrogens is 586 g/mol. The SMILES string of the molecule is CCOC(=O)C[C@H]1C[C@@H](n2c(=O)c3c(C)c(-c4ncco4)sc3n(C[C@H](OC3CCOCC3)c3ccccc3OC)c2=O)C1. The number of methoxy groups -OCH3 is 1. The molecule has 234 valence electrons. The number of aromatic nitrogens is 3. The van der Waals surface area contributed by atoms with E-state index in [0.717, 1.165) is 18.4 Å². The molecule has 12 heteroatoms. The smallest absolute Gasteiger partial charge is 0.332 e. The summed E-state index contributed by atoms with van der Waals surface area (Å²) in [5, 5.41) is 0.460. The summed E-state index contributed by atoms with van der Waals surface area (Å²) in [6.45, 7) is 5.34. The van der Waals surface area contributed by atoms with E-state index in [-0.39, 0.29) is 42.6 Å². The molecule has 1 saturated heterocycles. The fourth-order valence-electron chi connectivity index (χ4n) is 6.28. The van der Waals surface area contributed by atoms with Crippen molar-refractivity contribution in [2.24, 2.45) is 5.92 Å². The minimum absolute atomic E-state index is 0.0548. The minimum atomic E-state index is -0.536. The topological polar surface area (TPSA) is 124 Å². The molecule has 4 aromatic rings. The molecule has 4 heterocycles. The summed E-state index contributed by atoms with van der Waals surface area (Å²) in [7, 11) is 1.61. The number of esters is 1. The second kappa shape index (κ2) is 13.1. The van der Waals surface area contributed by atoms with Gasteiger partial charge in [0.05, 0.1) is 42.8 Å². The average Bonchev–Trinajstić information content (AvgIpc) is 3.66. The minimum Gasteiger partial charge on any atom is -0.496 e. The summed E-state index contributed by atoms with van der Waals surface area (Å²) in [5.41, 5.74) is 0.782. The Balaban J connectivity index is 1.45. The van der Waals surface area contributed by atoms with Crippen LogP contribution < -0.4 is 16.0 Å². The number of para-hydroxylation sites is 1. The number of nitrogens with zero attached hydrogens (tertiary/aromatic N) is 3. The number of carbonyl (C=O) groups excluding carboxylic acids is 1. The Hall–Kier alpha value is -3.74. The van der Waals surface area contributed by atoms with Gasteiger partial charge in [-0.2, -0.15) is 0 Å². The highest BCUT2D eigenvalue weighted by molar-refractivity contribution is 7.22. The van der Waals surface area contributed by atoms with Gasteiger partial charge in [-0.15, -0.1) is 11.3 Å². The second-order valence-corrected chi connectivity index (χ2v) is 12.3. The number of ether oxygens (including phenoxy) is 4. The van der Waals surface area contributed by atoms with Gasteiger partial charge in [0.2, 0.25) is 5.89 Å². The first-order valence-electron chi connectivity index (χ1n) is 15.1. The van der Waals surface area contributed by atoms with Crippen LogP contribution in [0.4, 0.5) is 0 Å². The third-order valence-electron chi connectivity index (χ3n) is 8.57. The number of carbonyl (C=O) groups is 1. The lowest BCUT2D eigenvalue weighted by atomic mass is 9.78. The van der Waals surface area contributed by atoms with Crippen molar-refractivity contribution in [3.63, 3.8) is 0 Å². The molecule has 0 bridgehead atoms. The number of hydrogen-bond acceptors (Lipinski definition) is 10. The van der Waals surface area contributed by atoms with Gasteiger partial charge in [0.25, 0.3) is 5.56 Å². The molecule has 2 fully saturated rings. The van der Waals surface area contributed by atoms with Crippen LogP contribution in [0.3, 0.4) is 0 Å². The number of fused-ring (bicyclic) bond motifs is 1. The van der Waals surface area contributed by atoms with Gasteiger partial charge in [0.1, 0.15) is 22.9 Å². The van der Waals surface area contributed by atoms with E-state index >= 15 is 0 Å². The Labute approximate surface area is 258 Å². The summed E-state index contributed by atoms with van der Waals surface area (Å²) in [4.78, 5) is 46.1. The van der Waals surface area contributed by atoms with Gasteiger partial charge in [-0.25, -0.2) is 9.78 Å². The van der Waals surface area contributed by atoms with Crippen LogP contribution in [0.2, 0.25) is 0 Å². The molecule has 1 atom stereocenters. The summed E-state index contributed by atoms with van der Waals surface area (Å²) >= 11 is 1.32. The number of oxazole rings is 1. The molecule has 0 radical (unpaired) electrons. The second-order valence-electron chi connectivity index (χ2n) is 11.3. The van der Waals surface area contributed by atoms with Gasteiger partial charge in [0.15, 0.2) is 0 Å². The largest absolute Gasteiger partial charge is 0.496 e. The lowest BCUT2D eigenvalue weighted by Crippen LogP contribution is -2.46. The van der Waals surface area contributed by atoms with Crippen LogP contribution in [-0.4, -0.2) is 53.1 Å². The number of benzene rings is 1. The molecule has 44 heavy (non-hydrogen) atoms. The third-order valence-corrected chi connectivity index (χ3v) is 9.87. The zero-order valence-corrected chi connectivity index (χ0v) is 26.0. The van der Waals surface area contributed by atoms with Gasteiger partial charge in [-0.1, -0.05) is 18.2 Å². The number of thiophene rings is 1. The van der Waals surface area contributed by atoms with E-state index in [2.05, 4.69) is 4.98 Å². The van der Waals surface area contributed by atoms with Crippen molar-refractivity contribution in [1.82, 2.24) is 14.1 Å². The van der Waals surface area contributed by atoms with Crippen LogP contribution >= 0.6 is 11.3 Å². The first-order valence-corrected chi connectivity index (χ1v) is 15.9. The van der Waals surface area contributed by atoms with Crippen molar-refractivity contribution < 1.29 is 28.2 Å². The van der Waals surface area contributed by atoms with E-state index in [1.165, 1.54) is 22.2 Å². The highest BCUT2D eigenvalue weighted by atomic mass is 32.1. The molecule has 11 nitrogen and oxygen atoms in total. The summed E-state index contributed by atoms with van der Waals surface area (Å²) in [5.74, 6) is 0.849. The number of hydrogen-bond donors (Lipinski definition) is 0. The van der Waals surface area contributed by atoms with Crippen LogP contribution in [0.5, 0.6) is 5.75 Å². The lowest BCUT2D eigenvalue weighted by molar-refractivity contribution is -0.145. The average molecular weight is 624 g/mol. The Morgan fingerprint density at radius 2 is 1.95 bits per heavy atom. The van der Waals surface area contributed by atoms with Crippen LogP contribution in [0.1, 0.15) is 62.3 Å². The molecule has 1 aliphatic carbocycles. The van der Waals surface area contributed by atoms with Crippen molar-refractivity contribution in [1.29, 1.82) is 0 Å². The normalized spacial score (nSPS) is 19.5. The molecule has 2 aliphatic rings. The third kappa shape index (κ3) is 5.85. The Bertz CT molecular complexity index is 1730. The summed E-state index contributed by atoms with van der Waals surface area (Å²) in [6.07, 6.45) is 5.30. The quantitative estimate of drug-likeness (QED) is 0.211. The predicted molar refractivity (Wildman–Crippen MR) is 164 cm³/mol. The van der Waals surface area contributed by atoms with Gasteiger partial charge in [-0.05, 0) is 57.1 Å². The van der Waals surface area contributed by atoms with Crippen molar-refractivity contribution in [3.8, 4) is 16.5 Å². The molecule has 1 aromatic carbocycles. The fourth-order valence-corrected chi connectivity index (χ4v) is 7.52. The van der Waals surface area contributed by atoms with E-state index in [0.29, 0.717) is 65.0 Å². The zero-order valence-electron chi connectivity index (χ0n) is 25.2. The maximum atomic E-state index is 14.4. The monoisotopic (exact) mass is 623 g/mol. The Morgan fingerprint density at radius 3 is 2.66 bits per heavy atom. The molecule has 0 amide bonds. The van der Waals surface area contributed by atoms with Gasteiger partial charge in [-0.3, -0.25) is 18.7 Å². The van der Waals surface area contributed by atoms with E-state index in [9.17, 15) is 14.4 Å². The number of aryl methyl sites for hydroxylation is 1. The van der Waals surface area contributed by atoms with E-state index in [4.69, 9.17) is 23.4 Å². The van der Waals surface area contributed by atoms with E-state index in [1.54, 1.807) is 24.8 Å². The van der Waals surface area contributed by atoms with E-state index in [1.807, 2.05) is 31.2 Å². The van der Waals surface area contributed by atoms with E-state index < -0.39 is 11.8 Å². The Kier molecular flexibility index (Phi) is 9.01. The first kappa shape index (κ1) is 30.3. The van der Waals surface area contributed by atoms with Crippen molar-refractivity contribution in [2.45, 2.75) is 70.7 Å². The molecule has 0 spiro atoms. The lowest BCUT2D eigenvalue weighted by Gasteiger charge is -2.36. The zero-order chi connectivity index (χ0) is 30.8.